The van der Waals surface area contributed by atoms with Crippen molar-refractivity contribution in [3.05, 3.63) is 81.8 Å². The highest BCUT2D eigenvalue weighted by atomic mass is 32.1. The zero-order valence-electron chi connectivity index (χ0n) is 16.4. The van der Waals surface area contributed by atoms with Crippen molar-refractivity contribution in [3.8, 4) is 23.2 Å². The zero-order valence-corrected chi connectivity index (χ0v) is 17.2. The Hall–Kier alpha value is -3.65. The summed E-state index contributed by atoms with van der Waals surface area (Å²) in [5, 5.41) is 4.77. The van der Waals surface area contributed by atoms with Crippen LogP contribution in [-0.2, 0) is 0 Å². The summed E-state index contributed by atoms with van der Waals surface area (Å²) in [7, 11) is 1.65. The molecule has 5 rings (SSSR count). The minimum atomic E-state index is -0.216. The lowest BCUT2D eigenvalue weighted by Crippen LogP contribution is -2.17. The molecule has 0 aliphatic carbocycles. The Balaban J connectivity index is 1.78. The van der Waals surface area contributed by atoms with E-state index in [0.29, 0.717) is 17.6 Å². The number of nitrogens with zero attached hydrogens (tertiary/aromatic N) is 3. The first-order chi connectivity index (χ1) is 14.6. The quantitative estimate of drug-likeness (QED) is 0.420. The number of benzene rings is 2. The van der Waals surface area contributed by atoms with Gasteiger partial charge in [-0.15, -0.1) is 0 Å². The first kappa shape index (κ1) is 18.4. The standard InChI is InChI=1S/C22H19N5O2S/c1-12-16-17(13-8-10-15(28-2)11-9-13)18-19(23)24-22(30)25-20(18)29-21(16)27(26-12)14-6-4-3-5-7-14/h3-11,17H,1-2H3,(H3,23,24,25,30). The molecule has 0 fully saturated rings. The molecule has 4 aromatic rings. The largest absolute Gasteiger partial charge is 0.497 e. The number of nitrogens with one attached hydrogen (secondary N) is 1. The Bertz CT molecular complexity index is 1300. The summed E-state index contributed by atoms with van der Waals surface area (Å²) in [6.07, 6.45) is 0. The highest BCUT2D eigenvalue weighted by Crippen LogP contribution is 2.50. The number of ether oxygens (including phenoxy) is 2. The molecule has 0 spiro atoms. The Morgan fingerprint density at radius 3 is 2.53 bits per heavy atom. The van der Waals surface area contributed by atoms with Crippen LogP contribution in [0.3, 0.4) is 0 Å². The molecule has 30 heavy (non-hydrogen) atoms. The number of aromatic amines is 1. The maximum Gasteiger partial charge on any atom is 0.231 e. The molecule has 8 heteroatoms. The number of hydrogen-bond acceptors (Lipinski definition) is 6. The van der Waals surface area contributed by atoms with Gasteiger partial charge in [0.15, 0.2) is 0 Å². The number of methoxy groups -OCH3 is 1. The van der Waals surface area contributed by atoms with Crippen LogP contribution in [0, 0.1) is 11.7 Å². The fraction of sp³-hybridized carbons (Fsp3) is 0.136. The van der Waals surface area contributed by atoms with Gasteiger partial charge < -0.3 is 20.2 Å². The highest BCUT2D eigenvalue weighted by Gasteiger charge is 2.37. The first-order valence-corrected chi connectivity index (χ1v) is 9.84. The average Bonchev–Trinajstić information content (AvgIpc) is 3.09. The molecule has 3 N–H and O–H groups in total. The fourth-order valence-electron chi connectivity index (χ4n) is 3.89. The Morgan fingerprint density at radius 1 is 1.10 bits per heavy atom. The van der Waals surface area contributed by atoms with Crippen LogP contribution in [-0.4, -0.2) is 26.9 Å². The van der Waals surface area contributed by atoms with Gasteiger partial charge in [-0.25, -0.2) is 4.68 Å². The van der Waals surface area contributed by atoms with Crippen LogP contribution >= 0.6 is 12.2 Å². The van der Waals surface area contributed by atoms with E-state index in [4.69, 9.17) is 32.5 Å². The number of nitrogen functional groups attached to an aromatic ring is 1. The number of aryl methyl sites for hydroxylation is 1. The number of H-pyrrole nitrogens is 1. The lowest BCUT2D eigenvalue weighted by atomic mass is 9.84. The minimum absolute atomic E-state index is 0.216. The van der Waals surface area contributed by atoms with Gasteiger partial charge in [0, 0.05) is 0 Å². The fourth-order valence-corrected chi connectivity index (χ4v) is 4.09. The van der Waals surface area contributed by atoms with Crippen molar-refractivity contribution in [2.45, 2.75) is 12.8 Å². The van der Waals surface area contributed by atoms with E-state index in [1.165, 1.54) is 0 Å². The lowest BCUT2D eigenvalue weighted by molar-refractivity contribution is 0.402. The number of fused-ring (bicyclic) bond motifs is 2. The summed E-state index contributed by atoms with van der Waals surface area (Å²) in [5.41, 5.74) is 10.8. The van der Waals surface area contributed by atoms with E-state index in [2.05, 4.69) is 9.97 Å². The van der Waals surface area contributed by atoms with E-state index in [1.807, 2.05) is 61.5 Å². The molecule has 150 valence electrons. The predicted octanol–water partition coefficient (Wildman–Crippen LogP) is 4.51. The smallest absolute Gasteiger partial charge is 0.231 e. The van der Waals surface area contributed by atoms with E-state index in [-0.39, 0.29) is 10.7 Å². The molecule has 2 aromatic carbocycles. The van der Waals surface area contributed by atoms with Crippen LogP contribution in [0.25, 0.3) is 5.69 Å². The van der Waals surface area contributed by atoms with Gasteiger partial charge in [0.1, 0.15) is 11.6 Å². The van der Waals surface area contributed by atoms with Crippen LogP contribution in [0.15, 0.2) is 54.6 Å². The van der Waals surface area contributed by atoms with Gasteiger partial charge >= 0.3 is 0 Å². The average molecular weight is 417 g/mol. The van der Waals surface area contributed by atoms with Crippen LogP contribution < -0.4 is 15.2 Å². The van der Waals surface area contributed by atoms with Crippen molar-refractivity contribution in [1.29, 1.82) is 0 Å². The van der Waals surface area contributed by atoms with Crippen molar-refractivity contribution < 1.29 is 9.47 Å². The molecule has 0 radical (unpaired) electrons. The van der Waals surface area contributed by atoms with Crippen LogP contribution in [0.2, 0.25) is 0 Å². The third-order valence-corrected chi connectivity index (χ3v) is 5.44. The van der Waals surface area contributed by atoms with Crippen molar-refractivity contribution >= 4 is 18.0 Å². The van der Waals surface area contributed by atoms with Gasteiger partial charge in [-0.2, -0.15) is 10.1 Å². The molecular weight excluding hydrogens is 398 g/mol. The SMILES string of the molecule is COc1ccc(C2c3c(nc(=S)[nH]c3N)Oc3c2c(C)nn3-c2ccccc2)cc1. The Morgan fingerprint density at radius 2 is 1.83 bits per heavy atom. The van der Waals surface area contributed by atoms with Crippen molar-refractivity contribution in [2.24, 2.45) is 0 Å². The topological polar surface area (TPSA) is 91.0 Å². The number of rotatable bonds is 3. The molecule has 1 unspecified atom stereocenters. The second-order valence-corrected chi connectivity index (χ2v) is 7.42. The molecule has 0 amide bonds. The maximum absolute atomic E-state index is 6.36. The van der Waals surface area contributed by atoms with Crippen molar-refractivity contribution in [2.75, 3.05) is 12.8 Å². The summed E-state index contributed by atoms with van der Waals surface area (Å²) in [5.74, 6) is 2.00. The molecule has 1 aliphatic heterocycles. The Labute approximate surface area is 178 Å². The Kier molecular flexibility index (Phi) is 4.29. The van der Waals surface area contributed by atoms with E-state index in [9.17, 15) is 0 Å². The molecular formula is C22H19N5O2S. The number of aromatic nitrogens is 4. The van der Waals surface area contributed by atoms with Gasteiger partial charge in [-0.05, 0) is 49.0 Å². The minimum Gasteiger partial charge on any atom is -0.497 e. The van der Waals surface area contributed by atoms with Gasteiger partial charge in [0.2, 0.25) is 16.5 Å². The summed E-state index contributed by atoms with van der Waals surface area (Å²) in [6, 6.07) is 17.7. The molecule has 3 heterocycles. The molecule has 0 saturated carbocycles. The summed E-state index contributed by atoms with van der Waals surface area (Å²) >= 11 is 5.24. The number of anilines is 1. The predicted molar refractivity (Wildman–Crippen MR) is 116 cm³/mol. The second kappa shape index (κ2) is 7.00. The van der Waals surface area contributed by atoms with Gasteiger partial charge in [-0.3, -0.25) is 0 Å². The maximum atomic E-state index is 6.36. The summed E-state index contributed by atoms with van der Waals surface area (Å²) in [6.45, 7) is 1.97. The molecule has 1 aliphatic rings. The zero-order chi connectivity index (χ0) is 20.8. The summed E-state index contributed by atoms with van der Waals surface area (Å²) in [4.78, 5) is 7.38. The van der Waals surface area contributed by atoms with E-state index in [0.717, 1.165) is 33.8 Å². The van der Waals surface area contributed by atoms with Crippen LogP contribution in [0.4, 0.5) is 5.82 Å². The number of para-hydroxylation sites is 1. The normalized spacial score (nSPS) is 14.5. The molecule has 1 atom stereocenters. The molecule has 0 saturated heterocycles. The highest BCUT2D eigenvalue weighted by molar-refractivity contribution is 7.71. The number of nitrogens with two attached hydrogens (primary N) is 1. The van der Waals surface area contributed by atoms with Crippen molar-refractivity contribution in [3.63, 3.8) is 0 Å². The van der Waals surface area contributed by atoms with Gasteiger partial charge in [0.25, 0.3) is 0 Å². The van der Waals surface area contributed by atoms with E-state index < -0.39 is 0 Å². The van der Waals surface area contributed by atoms with E-state index >= 15 is 0 Å². The van der Waals surface area contributed by atoms with E-state index in [1.54, 1.807) is 11.8 Å². The van der Waals surface area contributed by atoms with Gasteiger partial charge in [0.05, 0.1) is 35.5 Å². The third-order valence-electron chi connectivity index (χ3n) is 5.25. The third kappa shape index (κ3) is 2.84. The first-order valence-electron chi connectivity index (χ1n) is 9.43. The number of hydrogen-bond donors (Lipinski definition) is 2. The molecule has 2 aromatic heterocycles. The molecule has 7 nitrogen and oxygen atoms in total. The summed E-state index contributed by atoms with van der Waals surface area (Å²) < 4.78 is 13.6. The monoisotopic (exact) mass is 417 g/mol. The lowest BCUT2D eigenvalue weighted by Gasteiger charge is -2.27. The van der Waals surface area contributed by atoms with Crippen LogP contribution in [0.1, 0.15) is 28.3 Å². The second-order valence-electron chi connectivity index (χ2n) is 7.03. The molecule has 0 bridgehead atoms. The van der Waals surface area contributed by atoms with Gasteiger partial charge in [-0.1, -0.05) is 30.3 Å². The van der Waals surface area contributed by atoms with Crippen molar-refractivity contribution in [1.82, 2.24) is 19.7 Å². The van der Waals surface area contributed by atoms with Crippen LogP contribution in [0.5, 0.6) is 17.5 Å².